The summed E-state index contributed by atoms with van der Waals surface area (Å²) >= 11 is 0. The summed E-state index contributed by atoms with van der Waals surface area (Å²) in [5.74, 6) is 0. The van der Waals surface area contributed by atoms with Gasteiger partial charge in [0.2, 0.25) is 0 Å². The van der Waals surface area contributed by atoms with Gasteiger partial charge in [-0.1, -0.05) is 0 Å². The molecule has 0 rings (SSSR count). The molecule has 5 N–H and O–H groups in total. The number of aliphatic hydroxyl groups excluding tert-OH is 5. The summed E-state index contributed by atoms with van der Waals surface area (Å²) < 4.78 is 34.1. The smallest absolute Gasteiger partial charge is 1.00 e. The van der Waals surface area contributed by atoms with Crippen LogP contribution < -0.4 is 91.6 Å². The van der Waals surface area contributed by atoms with Crippen molar-refractivity contribution in [1.29, 1.82) is 0 Å². The van der Waals surface area contributed by atoms with Crippen LogP contribution in [0.2, 0.25) is 0 Å². The molecule has 0 saturated carbocycles. The first-order valence-corrected chi connectivity index (χ1v) is 5.33. The van der Waals surface area contributed by atoms with Crippen LogP contribution in [-0.4, -0.2) is 164 Å². The summed E-state index contributed by atoms with van der Waals surface area (Å²) in [5, 5.41) is 43.5. The normalized spacial score (nSPS) is 12.0. The zero-order valence-electron chi connectivity index (χ0n) is 13.3. The Labute approximate surface area is 266 Å². The molecule has 144 valence electrons. The van der Waals surface area contributed by atoms with E-state index < -0.39 is 41.4 Å². The van der Waals surface area contributed by atoms with Crippen LogP contribution in [0.3, 0.4) is 0 Å². The number of hydrogen-bond donors (Lipinski definition) is 5. The van der Waals surface area contributed by atoms with Crippen LogP contribution in [0.15, 0.2) is 0 Å². The first kappa shape index (κ1) is 69.8. The Morgan fingerprint density at radius 2 is 1.08 bits per heavy atom. The molecule has 0 aromatic heterocycles. The van der Waals surface area contributed by atoms with Crippen LogP contribution in [-0.2, 0) is 15.2 Å². The summed E-state index contributed by atoms with van der Waals surface area (Å²) in [6, 6.07) is 0. The van der Waals surface area contributed by atoms with Gasteiger partial charge in [0.25, 0.3) is 0 Å². The fraction of sp³-hybridized carbons (Fsp3) is 0.833. The van der Waals surface area contributed by atoms with E-state index in [-0.39, 0.29) is 182 Å². The van der Waals surface area contributed by atoms with E-state index >= 15 is 0 Å². The van der Waals surface area contributed by atoms with Crippen LogP contribution in [0.4, 0.5) is 0 Å². The quantitative estimate of drug-likeness (QED) is 0.0924. The summed E-state index contributed by atoms with van der Waals surface area (Å²) in [4.78, 5) is 9.90. The van der Waals surface area contributed by atoms with E-state index in [2.05, 4.69) is 0 Å². The SMILES string of the molecule is O=C[C@H](O)[C@@H](O)[C@H](O)[C@H](O)CO.O=S(=O)([O-])[O-].[Ca+2].[Cl-].[Cl-].[Cl-].[Cl-].[Cl-].[Mg+2].[Mg+2].[Na+]. The van der Waals surface area contributed by atoms with Gasteiger partial charge >= 0.3 is 113 Å². The summed E-state index contributed by atoms with van der Waals surface area (Å²) in [5.41, 5.74) is 0. The maximum Gasteiger partial charge on any atom is 2.00 e. The van der Waals surface area contributed by atoms with Gasteiger partial charge in [0.15, 0.2) is 6.29 Å². The number of aliphatic hydroxyl groups is 5. The molecule has 0 unspecified atom stereocenters. The van der Waals surface area contributed by atoms with Crippen LogP contribution >= 0.6 is 0 Å². The maximum atomic E-state index is 9.90. The molecule has 0 aromatic carbocycles. The van der Waals surface area contributed by atoms with Crippen LogP contribution in [0.5, 0.6) is 0 Å². The number of aldehydes is 1. The monoisotopic (exact) mass is 562 g/mol. The molecule has 0 heterocycles. The molecule has 0 aliphatic heterocycles. The Kier molecular flexibility index (Phi) is 107. The molecule has 0 fully saturated rings. The van der Waals surface area contributed by atoms with Gasteiger partial charge in [-0.2, -0.15) is 0 Å². The van der Waals surface area contributed by atoms with Gasteiger partial charge in [0.1, 0.15) is 24.4 Å². The topological polar surface area (TPSA) is 198 Å². The molecular formula is C6H12CaCl5Mg2NaO10S. The van der Waals surface area contributed by atoms with Crippen molar-refractivity contribution in [3.8, 4) is 0 Å². The molecule has 26 heavy (non-hydrogen) atoms. The zero-order valence-corrected chi connectivity index (χ0v) is 24.9. The first-order chi connectivity index (χ1) is 7.54. The van der Waals surface area contributed by atoms with Crippen LogP contribution in [0.1, 0.15) is 0 Å². The maximum absolute atomic E-state index is 9.90. The van der Waals surface area contributed by atoms with Crippen molar-refractivity contribution in [2.24, 2.45) is 0 Å². The van der Waals surface area contributed by atoms with E-state index in [9.17, 15) is 4.79 Å². The third kappa shape index (κ3) is 51.3. The van der Waals surface area contributed by atoms with Gasteiger partial charge in [0, 0.05) is 10.4 Å². The fourth-order valence-corrected chi connectivity index (χ4v) is 0.618. The van der Waals surface area contributed by atoms with Crippen molar-refractivity contribution < 1.29 is 139 Å². The van der Waals surface area contributed by atoms with E-state index in [4.69, 9.17) is 43.1 Å². The standard InChI is InChI=1S/C6H12O6.Ca.5ClH.2Mg.Na.H2O4S/c7-1-3(9)5(11)6(12)4(10)2-8;;;;;;;;;;1-5(2,3)4/h1,3-6,8-12H,2H2;;5*1H;;;;(H2,1,2,3,4)/q;+2;;;;;;2*+2;+1;/p-7/t3-,4+,5+,6+;;;;;;;;;;/m0........../s1. The first-order valence-electron chi connectivity index (χ1n) is 3.99. The summed E-state index contributed by atoms with van der Waals surface area (Å²) in [7, 11) is -5.17. The minimum atomic E-state index is -5.17. The molecule has 0 spiro atoms. The summed E-state index contributed by atoms with van der Waals surface area (Å²) in [6.07, 6.45) is -6.84. The van der Waals surface area contributed by atoms with E-state index in [0.29, 0.717) is 0 Å². The Bertz CT molecular complexity index is 331. The molecule has 20 heteroatoms. The zero-order chi connectivity index (χ0) is 14.2. The van der Waals surface area contributed by atoms with Gasteiger partial charge in [-0.15, -0.1) is 0 Å². The average molecular weight is 565 g/mol. The Morgan fingerprint density at radius 1 is 0.846 bits per heavy atom. The van der Waals surface area contributed by atoms with E-state index in [0.717, 1.165) is 0 Å². The number of rotatable bonds is 5. The van der Waals surface area contributed by atoms with Crippen molar-refractivity contribution in [2.75, 3.05) is 6.61 Å². The molecule has 0 aromatic rings. The number of halogens is 5. The second kappa shape index (κ2) is 40.0. The molecule has 10 nitrogen and oxygen atoms in total. The van der Waals surface area contributed by atoms with Crippen LogP contribution in [0.25, 0.3) is 0 Å². The molecule has 0 aliphatic carbocycles. The number of carbonyl (C=O) groups excluding carboxylic acids is 1. The summed E-state index contributed by atoms with van der Waals surface area (Å²) in [6.45, 7) is -0.760. The Morgan fingerprint density at radius 3 is 1.23 bits per heavy atom. The van der Waals surface area contributed by atoms with E-state index in [1.54, 1.807) is 0 Å². The van der Waals surface area contributed by atoms with Crippen molar-refractivity contribution >= 4 is 101 Å². The van der Waals surface area contributed by atoms with Gasteiger partial charge in [-0.05, 0) is 0 Å². The molecule has 0 aliphatic rings. The average Bonchev–Trinajstić information content (AvgIpc) is 2.22. The molecular weight excluding hydrogens is 553 g/mol. The minimum absolute atomic E-state index is 0. The van der Waals surface area contributed by atoms with Gasteiger partial charge in [-0.25, -0.2) is 0 Å². The number of carbonyl (C=O) groups is 1. The Hall–Kier alpha value is 4.58. The molecule has 0 amide bonds. The molecule has 0 bridgehead atoms. The van der Waals surface area contributed by atoms with Crippen LogP contribution in [0, 0.1) is 0 Å². The van der Waals surface area contributed by atoms with Crippen molar-refractivity contribution in [2.45, 2.75) is 24.4 Å². The van der Waals surface area contributed by atoms with Gasteiger partial charge in [0.05, 0.1) is 6.61 Å². The van der Waals surface area contributed by atoms with Crippen molar-refractivity contribution in [3.05, 3.63) is 0 Å². The third-order valence-corrected chi connectivity index (χ3v) is 1.42. The fourth-order valence-electron chi connectivity index (χ4n) is 0.618. The molecule has 4 atom stereocenters. The van der Waals surface area contributed by atoms with Crippen molar-refractivity contribution in [1.82, 2.24) is 0 Å². The van der Waals surface area contributed by atoms with Gasteiger partial charge in [-0.3, -0.25) is 8.42 Å². The van der Waals surface area contributed by atoms with E-state index in [1.807, 2.05) is 0 Å². The third-order valence-electron chi connectivity index (χ3n) is 1.42. The van der Waals surface area contributed by atoms with E-state index in [1.165, 1.54) is 0 Å². The predicted octanol–water partition coefficient (Wildman–Crippen LogP) is -23.8. The molecule has 0 radical (unpaired) electrons. The number of hydrogen-bond acceptors (Lipinski definition) is 10. The minimum Gasteiger partial charge on any atom is -1.00 e. The second-order valence-corrected chi connectivity index (χ2v) is 3.58. The molecule has 0 saturated heterocycles. The second-order valence-electron chi connectivity index (χ2n) is 2.77. The van der Waals surface area contributed by atoms with Gasteiger partial charge < -0.3 is 101 Å². The van der Waals surface area contributed by atoms with Crippen molar-refractivity contribution in [3.63, 3.8) is 0 Å². The largest absolute Gasteiger partial charge is 2.00 e. The predicted molar refractivity (Wildman–Crippen MR) is 64.9 cm³/mol. The Balaban J connectivity index is -0.0000000163.